The monoisotopic (exact) mass is 415 g/mol. The smallest absolute Gasteiger partial charge is 0.349 e. The summed E-state index contributed by atoms with van der Waals surface area (Å²) in [6, 6.07) is 12.9. The van der Waals surface area contributed by atoms with Crippen molar-refractivity contribution in [3.8, 4) is 0 Å². The van der Waals surface area contributed by atoms with E-state index in [2.05, 4.69) is 22.5 Å². The van der Waals surface area contributed by atoms with Crippen LogP contribution >= 0.6 is 15.9 Å². The maximum absolute atomic E-state index is 14.1. The van der Waals surface area contributed by atoms with Crippen molar-refractivity contribution in [3.63, 3.8) is 0 Å². The van der Waals surface area contributed by atoms with Gasteiger partial charge in [0.25, 0.3) is 5.91 Å². The van der Waals surface area contributed by atoms with Crippen molar-refractivity contribution in [2.24, 2.45) is 0 Å². The Hall–Kier alpha value is -2.73. The summed E-state index contributed by atoms with van der Waals surface area (Å²) in [5.74, 6) is -0.968. The highest BCUT2D eigenvalue weighted by Crippen LogP contribution is 2.19. The standard InChI is InChI=1S/C20H15BrFNO3/c1-2-9-23(12-14-10-15(21)7-8-17(14)22)19(24)16-11-13-5-3-4-6-18(13)26-20(16)25/h2-8,10-11H,1,9,12H2. The first-order valence-electron chi connectivity index (χ1n) is 7.86. The Balaban J connectivity index is 1.99. The molecule has 1 heterocycles. The number of nitrogens with zero attached hydrogens (tertiary/aromatic N) is 1. The lowest BCUT2D eigenvalue weighted by Gasteiger charge is -2.21. The van der Waals surface area contributed by atoms with Crippen molar-refractivity contribution < 1.29 is 13.6 Å². The maximum atomic E-state index is 14.1. The van der Waals surface area contributed by atoms with Crippen LogP contribution in [0.2, 0.25) is 0 Å². The molecule has 1 aromatic heterocycles. The first-order valence-corrected chi connectivity index (χ1v) is 8.66. The number of amides is 1. The summed E-state index contributed by atoms with van der Waals surface area (Å²) in [6.07, 6.45) is 1.52. The zero-order valence-corrected chi connectivity index (χ0v) is 15.3. The zero-order valence-electron chi connectivity index (χ0n) is 13.7. The Morgan fingerprint density at radius 1 is 1.23 bits per heavy atom. The summed E-state index contributed by atoms with van der Waals surface area (Å²) in [6.45, 7) is 3.80. The molecule has 132 valence electrons. The van der Waals surface area contributed by atoms with Crippen molar-refractivity contribution in [2.75, 3.05) is 6.54 Å². The first kappa shape index (κ1) is 18.1. The van der Waals surface area contributed by atoms with Gasteiger partial charge in [-0.25, -0.2) is 9.18 Å². The molecule has 2 aromatic carbocycles. The Morgan fingerprint density at radius 2 is 2.00 bits per heavy atom. The number of benzene rings is 2. The molecule has 0 aliphatic rings. The minimum absolute atomic E-state index is 0.00237. The van der Waals surface area contributed by atoms with Crippen molar-refractivity contribution in [1.82, 2.24) is 4.90 Å². The van der Waals surface area contributed by atoms with Crippen LogP contribution in [0, 0.1) is 5.82 Å². The number of fused-ring (bicyclic) bond motifs is 1. The molecule has 4 nitrogen and oxygen atoms in total. The number of carbonyl (C=O) groups excluding carboxylic acids is 1. The molecule has 0 radical (unpaired) electrons. The minimum Gasteiger partial charge on any atom is -0.422 e. The molecule has 3 rings (SSSR count). The van der Waals surface area contributed by atoms with E-state index in [9.17, 15) is 14.0 Å². The van der Waals surface area contributed by atoms with Crippen LogP contribution in [0.3, 0.4) is 0 Å². The second kappa shape index (κ2) is 7.66. The topological polar surface area (TPSA) is 50.5 Å². The highest BCUT2D eigenvalue weighted by Gasteiger charge is 2.21. The lowest BCUT2D eigenvalue weighted by atomic mass is 10.1. The van der Waals surface area contributed by atoms with Crippen LogP contribution < -0.4 is 5.63 Å². The fraction of sp³-hybridized carbons (Fsp3) is 0.100. The molecule has 6 heteroatoms. The van der Waals surface area contributed by atoms with Crippen LogP contribution in [0.4, 0.5) is 4.39 Å². The predicted molar refractivity (Wildman–Crippen MR) is 102 cm³/mol. The van der Waals surface area contributed by atoms with Gasteiger partial charge < -0.3 is 9.32 Å². The second-order valence-electron chi connectivity index (χ2n) is 5.70. The van der Waals surface area contributed by atoms with Crippen molar-refractivity contribution in [2.45, 2.75) is 6.54 Å². The summed E-state index contributed by atoms with van der Waals surface area (Å²) >= 11 is 3.29. The zero-order chi connectivity index (χ0) is 18.7. The van der Waals surface area contributed by atoms with Crippen molar-refractivity contribution >= 4 is 32.8 Å². The van der Waals surface area contributed by atoms with E-state index in [0.717, 1.165) is 0 Å². The average Bonchev–Trinajstić information content (AvgIpc) is 2.63. The van der Waals surface area contributed by atoms with Gasteiger partial charge in [0.15, 0.2) is 0 Å². The third-order valence-corrected chi connectivity index (χ3v) is 4.37. The maximum Gasteiger partial charge on any atom is 0.349 e. The Morgan fingerprint density at radius 3 is 2.77 bits per heavy atom. The summed E-state index contributed by atoms with van der Waals surface area (Å²) in [4.78, 5) is 26.5. The first-order chi connectivity index (χ1) is 12.5. The van der Waals surface area contributed by atoms with Gasteiger partial charge in [0.05, 0.1) is 0 Å². The predicted octanol–water partition coefficient (Wildman–Crippen LogP) is 4.52. The molecule has 0 atom stereocenters. The van der Waals surface area contributed by atoms with Crippen molar-refractivity contribution in [1.29, 1.82) is 0 Å². The number of rotatable bonds is 5. The Labute approximate surface area is 157 Å². The molecule has 0 aliphatic carbocycles. The van der Waals surface area contributed by atoms with E-state index in [0.29, 0.717) is 21.0 Å². The van der Waals surface area contributed by atoms with E-state index in [4.69, 9.17) is 4.42 Å². The molecule has 26 heavy (non-hydrogen) atoms. The molecule has 3 aromatic rings. The van der Waals surface area contributed by atoms with Gasteiger partial charge >= 0.3 is 5.63 Å². The van der Waals surface area contributed by atoms with E-state index >= 15 is 0 Å². The Bertz CT molecular complexity index is 1040. The van der Waals surface area contributed by atoms with Gasteiger partial charge in [0, 0.05) is 28.5 Å². The summed E-state index contributed by atoms with van der Waals surface area (Å²) < 4.78 is 20.0. The van der Waals surface area contributed by atoms with Crippen LogP contribution in [0.1, 0.15) is 15.9 Å². The molecule has 0 saturated heterocycles. The molecular weight excluding hydrogens is 401 g/mol. The van der Waals surface area contributed by atoms with Gasteiger partial charge in [-0.2, -0.15) is 0 Å². The average molecular weight is 416 g/mol. The van der Waals surface area contributed by atoms with Gasteiger partial charge in [-0.05, 0) is 30.3 Å². The van der Waals surface area contributed by atoms with Crippen LogP contribution in [0.5, 0.6) is 0 Å². The number of halogens is 2. The van der Waals surface area contributed by atoms with E-state index in [-0.39, 0.29) is 18.7 Å². The minimum atomic E-state index is -0.725. The lowest BCUT2D eigenvalue weighted by Crippen LogP contribution is -2.34. The number of para-hydroxylation sites is 1. The summed E-state index contributed by atoms with van der Waals surface area (Å²) in [7, 11) is 0. The third-order valence-electron chi connectivity index (χ3n) is 3.88. The van der Waals surface area contributed by atoms with Gasteiger partial charge in [0.2, 0.25) is 0 Å². The molecule has 0 unspecified atom stereocenters. The number of carbonyl (C=O) groups is 1. The SMILES string of the molecule is C=CCN(Cc1cc(Br)ccc1F)C(=O)c1cc2ccccc2oc1=O. The fourth-order valence-electron chi connectivity index (χ4n) is 2.63. The van der Waals surface area contributed by atoms with Crippen LogP contribution in [0.15, 0.2) is 74.9 Å². The van der Waals surface area contributed by atoms with E-state index < -0.39 is 17.3 Å². The van der Waals surface area contributed by atoms with Crippen molar-refractivity contribution in [3.05, 3.63) is 93.0 Å². The number of hydrogen-bond donors (Lipinski definition) is 0. The highest BCUT2D eigenvalue weighted by atomic mass is 79.9. The second-order valence-corrected chi connectivity index (χ2v) is 6.61. The van der Waals surface area contributed by atoms with Gasteiger partial charge in [-0.1, -0.05) is 40.2 Å². The van der Waals surface area contributed by atoms with Crippen LogP contribution in [0.25, 0.3) is 11.0 Å². The molecular formula is C20H15BrFNO3. The molecule has 0 fully saturated rings. The molecule has 0 aliphatic heterocycles. The largest absolute Gasteiger partial charge is 0.422 e. The van der Waals surface area contributed by atoms with E-state index in [1.54, 1.807) is 36.4 Å². The molecule has 0 saturated carbocycles. The highest BCUT2D eigenvalue weighted by molar-refractivity contribution is 9.10. The van der Waals surface area contributed by atoms with E-state index in [1.807, 2.05) is 0 Å². The molecule has 1 amide bonds. The normalized spacial score (nSPS) is 10.7. The summed E-state index contributed by atoms with van der Waals surface area (Å²) in [5.41, 5.74) is -0.0828. The van der Waals surface area contributed by atoms with Gasteiger partial charge in [-0.15, -0.1) is 6.58 Å². The third kappa shape index (κ3) is 3.75. The van der Waals surface area contributed by atoms with E-state index in [1.165, 1.54) is 23.1 Å². The van der Waals surface area contributed by atoms with Crippen LogP contribution in [-0.4, -0.2) is 17.4 Å². The van der Waals surface area contributed by atoms with Gasteiger partial charge in [0.1, 0.15) is 17.0 Å². The fourth-order valence-corrected chi connectivity index (χ4v) is 3.04. The van der Waals surface area contributed by atoms with Gasteiger partial charge in [-0.3, -0.25) is 4.79 Å². The number of hydrogen-bond acceptors (Lipinski definition) is 3. The molecule has 0 spiro atoms. The lowest BCUT2D eigenvalue weighted by molar-refractivity contribution is 0.0757. The Kier molecular flexibility index (Phi) is 5.32. The molecule has 0 N–H and O–H groups in total. The summed E-state index contributed by atoms with van der Waals surface area (Å²) in [5, 5.41) is 0.641. The quantitative estimate of drug-likeness (QED) is 0.454. The molecule has 0 bridgehead atoms. The van der Waals surface area contributed by atoms with Crippen LogP contribution in [-0.2, 0) is 6.54 Å².